The van der Waals surface area contributed by atoms with Gasteiger partial charge >= 0.3 is 17.9 Å². The van der Waals surface area contributed by atoms with Crippen LogP contribution in [0.15, 0.2) is 53.3 Å². The Bertz CT molecular complexity index is 1420. The van der Waals surface area contributed by atoms with Gasteiger partial charge in [-0.25, -0.2) is 4.98 Å². The quantitative estimate of drug-likeness (QED) is 0.359. The molecule has 2 N–H and O–H groups in total. The molecule has 0 bridgehead atoms. The van der Waals surface area contributed by atoms with Crippen molar-refractivity contribution in [3.05, 3.63) is 58.9 Å². The minimum absolute atomic E-state index is 0.294. The smallest absolute Gasteiger partial charge is 0.303 e. The van der Waals surface area contributed by atoms with E-state index in [9.17, 15) is 24.3 Å². The number of esters is 3. The Morgan fingerprint density at radius 2 is 1.51 bits per heavy atom. The molecule has 0 radical (unpaired) electrons. The van der Waals surface area contributed by atoms with Gasteiger partial charge in [0.25, 0.3) is 5.56 Å². The highest BCUT2D eigenvalue weighted by Gasteiger charge is 2.46. The van der Waals surface area contributed by atoms with Gasteiger partial charge in [-0.2, -0.15) is 0 Å². The van der Waals surface area contributed by atoms with Crippen molar-refractivity contribution in [2.45, 2.75) is 58.3 Å². The van der Waals surface area contributed by atoms with E-state index in [-0.39, 0.29) is 0 Å². The van der Waals surface area contributed by atoms with E-state index in [1.807, 2.05) is 0 Å². The number of aromatic nitrogens is 2. The van der Waals surface area contributed by atoms with Crippen LogP contribution in [0.1, 0.15) is 33.9 Å². The van der Waals surface area contributed by atoms with Crippen LogP contribution in [0.4, 0.5) is 5.69 Å². The number of carbonyl (C=O) groups excluding carboxylic acids is 3. The Kier molecular flexibility index (Phi) is 7.25. The van der Waals surface area contributed by atoms with E-state index < -0.39 is 54.0 Å². The number of ether oxygens (including phenoxy) is 3. The lowest BCUT2D eigenvalue weighted by atomic mass is 9.98. The molecule has 0 amide bonds. The van der Waals surface area contributed by atoms with E-state index in [0.29, 0.717) is 28.0 Å². The van der Waals surface area contributed by atoms with Crippen molar-refractivity contribution in [1.82, 2.24) is 9.55 Å². The Morgan fingerprint density at radius 3 is 2.16 bits per heavy atom. The first-order valence-electron chi connectivity index (χ1n) is 11.7. The lowest BCUT2D eigenvalue weighted by molar-refractivity contribution is -0.195. The number of nitrogens with one attached hydrogen (secondary N) is 1. The van der Waals surface area contributed by atoms with Crippen LogP contribution in [0, 0.1) is 0 Å². The fourth-order valence-corrected chi connectivity index (χ4v) is 4.50. The van der Waals surface area contributed by atoms with Gasteiger partial charge in [0.05, 0.1) is 17.0 Å². The van der Waals surface area contributed by atoms with Gasteiger partial charge in [0.2, 0.25) is 0 Å². The molecule has 5 unspecified atom stereocenters. The normalized spacial score (nSPS) is 17.3. The molecular weight excluding hydrogens is 482 g/mol. The molecule has 4 rings (SSSR count). The summed E-state index contributed by atoms with van der Waals surface area (Å²) in [6.45, 7) is 4.75. The van der Waals surface area contributed by atoms with Crippen LogP contribution in [0.5, 0.6) is 0 Å². The van der Waals surface area contributed by atoms with Gasteiger partial charge in [0.1, 0.15) is 12.0 Å². The van der Waals surface area contributed by atoms with Crippen LogP contribution in [0.3, 0.4) is 0 Å². The van der Waals surface area contributed by atoms with Crippen LogP contribution >= 0.6 is 0 Å². The fourth-order valence-electron chi connectivity index (χ4n) is 4.50. The van der Waals surface area contributed by atoms with Crippen molar-refractivity contribution in [3.63, 3.8) is 0 Å². The average Bonchev–Trinajstić information content (AvgIpc) is 2.84. The molecular formula is C26H27N3O8. The summed E-state index contributed by atoms with van der Waals surface area (Å²) in [5.41, 5.74) is 1.23. The van der Waals surface area contributed by atoms with Gasteiger partial charge in [-0.15, -0.1) is 0 Å². The largest absolute Gasteiger partial charge is 0.456 e. The number of benzene rings is 2. The van der Waals surface area contributed by atoms with Crippen LogP contribution in [-0.4, -0.2) is 57.0 Å². The lowest BCUT2D eigenvalue weighted by Gasteiger charge is -2.40. The molecule has 0 spiro atoms. The molecule has 11 nitrogen and oxygen atoms in total. The summed E-state index contributed by atoms with van der Waals surface area (Å²) in [6.07, 6.45) is -6.81. The van der Waals surface area contributed by atoms with E-state index >= 15 is 0 Å². The molecule has 0 fully saturated rings. The van der Waals surface area contributed by atoms with Gasteiger partial charge in [-0.3, -0.25) is 23.7 Å². The zero-order valence-electron chi connectivity index (χ0n) is 20.7. The third-order valence-corrected chi connectivity index (χ3v) is 5.90. The Labute approximate surface area is 212 Å². The van der Waals surface area contributed by atoms with Gasteiger partial charge in [0, 0.05) is 32.0 Å². The number of para-hydroxylation sites is 2. The molecule has 11 heteroatoms. The second-order valence-corrected chi connectivity index (χ2v) is 8.73. The maximum atomic E-state index is 13.8. The summed E-state index contributed by atoms with van der Waals surface area (Å²) < 4.78 is 17.7. The van der Waals surface area contributed by atoms with Crippen molar-refractivity contribution in [2.24, 2.45) is 0 Å². The highest BCUT2D eigenvalue weighted by Crippen LogP contribution is 2.38. The predicted octanol–water partition coefficient (Wildman–Crippen LogP) is 2.16. The molecule has 2 aromatic carbocycles. The number of nitrogens with zero attached hydrogens (tertiary/aromatic N) is 2. The van der Waals surface area contributed by atoms with Crippen molar-refractivity contribution >= 4 is 34.5 Å². The highest BCUT2D eigenvalue weighted by molar-refractivity contribution is 5.83. The van der Waals surface area contributed by atoms with E-state index in [1.54, 1.807) is 48.5 Å². The highest BCUT2D eigenvalue weighted by atomic mass is 16.6. The third-order valence-electron chi connectivity index (χ3n) is 5.90. The average molecular weight is 510 g/mol. The van der Waals surface area contributed by atoms with E-state index in [2.05, 4.69) is 5.32 Å². The van der Waals surface area contributed by atoms with Gasteiger partial charge in [0.15, 0.2) is 18.3 Å². The van der Waals surface area contributed by atoms with Crippen molar-refractivity contribution in [1.29, 1.82) is 0 Å². The topological polar surface area (TPSA) is 146 Å². The molecule has 1 aliphatic heterocycles. The van der Waals surface area contributed by atoms with Crippen LogP contribution in [0.25, 0.3) is 22.3 Å². The van der Waals surface area contributed by atoms with Gasteiger partial charge in [-0.05, 0) is 31.2 Å². The van der Waals surface area contributed by atoms with E-state index in [1.165, 1.54) is 11.5 Å². The zero-order valence-corrected chi connectivity index (χ0v) is 20.7. The van der Waals surface area contributed by atoms with Crippen LogP contribution < -0.4 is 10.9 Å². The number of hydrogen-bond donors (Lipinski definition) is 2. The Hall–Kier alpha value is -4.25. The van der Waals surface area contributed by atoms with Crippen molar-refractivity contribution in [2.75, 3.05) is 5.32 Å². The SMILES string of the molecule is CC(=O)OC(C(C)O)C(OC(C)=O)C(OC(C)=O)C1Nc2ccccc2-c2nc3ccccc3c(=O)n21. The summed E-state index contributed by atoms with van der Waals surface area (Å²) >= 11 is 0. The monoisotopic (exact) mass is 509 g/mol. The number of hydrogen-bond acceptors (Lipinski definition) is 10. The van der Waals surface area contributed by atoms with E-state index in [4.69, 9.17) is 19.2 Å². The first-order valence-corrected chi connectivity index (χ1v) is 11.7. The first-order chi connectivity index (χ1) is 17.6. The van der Waals surface area contributed by atoms with Crippen molar-refractivity contribution < 1.29 is 33.7 Å². The van der Waals surface area contributed by atoms with Gasteiger partial charge < -0.3 is 24.6 Å². The third kappa shape index (κ3) is 5.17. The summed E-state index contributed by atoms with van der Waals surface area (Å²) in [7, 11) is 0. The maximum absolute atomic E-state index is 13.8. The molecule has 0 aliphatic carbocycles. The number of rotatable bonds is 7. The fraction of sp³-hybridized carbons (Fsp3) is 0.346. The van der Waals surface area contributed by atoms with E-state index in [0.717, 1.165) is 20.8 Å². The maximum Gasteiger partial charge on any atom is 0.303 e. The van der Waals surface area contributed by atoms with Crippen LogP contribution in [-0.2, 0) is 28.6 Å². The second-order valence-electron chi connectivity index (χ2n) is 8.73. The molecule has 1 aromatic heterocycles. The molecule has 37 heavy (non-hydrogen) atoms. The van der Waals surface area contributed by atoms with Gasteiger partial charge in [-0.1, -0.05) is 24.3 Å². The molecule has 3 aromatic rings. The Morgan fingerprint density at radius 1 is 0.919 bits per heavy atom. The minimum Gasteiger partial charge on any atom is -0.456 e. The number of aliphatic hydroxyl groups excluding tert-OH is 1. The molecule has 5 atom stereocenters. The number of carbonyl (C=O) groups is 3. The number of aliphatic hydroxyl groups is 1. The summed E-state index contributed by atoms with van der Waals surface area (Å²) in [6, 6.07) is 13.9. The summed E-state index contributed by atoms with van der Waals surface area (Å²) in [5.74, 6) is -1.99. The molecule has 0 saturated carbocycles. The standard InChI is InChI=1S/C26H27N3O8/c1-13(30)21(35-14(2)31)22(36-15(3)32)23(37-16(4)33)25-28-19-11-7-5-9-17(19)24-27-20-12-8-6-10-18(20)26(34)29(24)25/h5-13,21-23,25,28,30H,1-4H3. The summed E-state index contributed by atoms with van der Waals surface area (Å²) in [4.78, 5) is 54.8. The Balaban J connectivity index is 1.98. The summed E-state index contributed by atoms with van der Waals surface area (Å²) in [5, 5.41) is 14.0. The second kappa shape index (κ2) is 10.4. The lowest BCUT2D eigenvalue weighted by Crippen LogP contribution is -2.55. The van der Waals surface area contributed by atoms with Crippen LogP contribution in [0.2, 0.25) is 0 Å². The minimum atomic E-state index is -1.49. The number of anilines is 1. The first kappa shape index (κ1) is 25.8. The predicted molar refractivity (Wildman–Crippen MR) is 132 cm³/mol. The molecule has 0 saturated heterocycles. The zero-order chi connectivity index (χ0) is 26.9. The van der Waals surface area contributed by atoms with Crippen molar-refractivity contribution in [3.8, 4) is 11.4 Å². The molecule has 2 heterocycles. The molecule has 1 aliphatic rings. The molecule has 194 valence electrons. The number of fused-ring (bicyclic) bond motifs is 4.